The van der Waals surface area contributed by atoms with Crippen LogP contribution in [0.5, 0.6) is 11.5 Å². The first-order valence-electron chi connectivity index (χ1n) is 23.7. The third-order valence-electron chi connectivity index (χ3n) is 11.0. The summed E-state index contributed by atoms with van der Waals surface area (Å²) in [7, 11) is 5.28. The molecule has 1 fully saturated rings. The number of carbonyl (C=O) groups excluding carboxylic acids is 3. The molecule has 4 aromatic rings. The van der Waals surface area contributed by atoms with E-state index in [-0.39, 0.29) is 23.9 Å². The summed E-state index contributed by atoms with van der Waals surface area (Å²) in [6, 6.07) is 15.5. The number of carboxylic acids is 1. The van der Waals surface area contributed by atoms with Crippen molar-refractivity contribution in [2.75, 3.05) is 46.2 Å². The molecule has 1 aliphatic rings. The Hall–Kier alpha value is -5.39. The van der Waals surface area contributed by atoms with Gasteiger partial charge < -0.3 is 40.7 Å². The number of likely N-dealkylation sites (N-methyl/N-ethyl adjacent to an activating group) is 1. The number of anilines is 1. The summed E-state index contributed by atoms with van der Waals surface area (Å²) in [5.41, 5.74) is 2.20. The highest BCUT2D eigenvalue weighted by Gasteiger charge is 2.37. The van der Waals surface area contributed by atoms with Gasteiger partial charge in [0.05, 0.1) is 32.0 Å². The second-order valence-electron chi connectivity index (χ2n) is 17.7. The van der Waals surface area contributed by atoms with Gasteiger partial charge in [0.1, 0.15) is 29.3 Å². The maximum absolute atomic E-state index is 13.1. The molecule has 3 heterocycles. The van der Waals surface area contributed by atoms with Gasteiger partial charge in [-0.05, 0) is 88.2 Å². The number of unbranched alkanes of at least 4 members (excludes halogenated alkanes) is 3. The molecule has 0 saturated carbocycles. The zero-order chi connectivity index (χ0) is 50.4. The van der Waals surface area contributed by atoms with Gasteiger partial charge >= 0.3 is 12.0 Å². The lowest BCUT2D eigenvalue weighted by molar-refractivity contribution is -0.144. The molecule has 2 aromatic carbocycles. The normalized spacial score (nSPS) is 14.9. The van der Waals surface area contributed by atoms with E-state index >= 15 is 0 Å². The van der Waals surface area contributed by atoms with E-state index in [2.05, 4.69) is 51.3 Å². The number of thiazole rings is 1. The molecular formula is C51H76N8O7S2. The van der Waals surface area contributed by atoms with E-state index in [0.29, 0.717) is 32.0 Å². The van der Waals surface area contributed by atoms with Crippen LogP contribution in [0.1, 0.15) is 101 Å². The quantitative estimate of drug-likeness (QED) is 0.0303. The number of fused-ring (bicyclic) bond motifs is 1. The maximum Gasteiger partial charge on any atom is 0.326 e. The monoisotopic (exact) mass is 977 g/mol. The fraction of sp³-hybridized carbons (Fsp3) is 0.529. The molecule has 0 radical (unpaired) electrons. The average Bonchev–Trinajstić information content (AvgIpc) is 4.00. The predicted molar refractivity (Wildman–Crippen MR) is 278 cm³/mol. The number of aromatic nitrogens is 2. The molecular weight excluding hydrogens is 901 g/mol. The lowest BCUT2D eigenvalue weighted by Gasteiger charge is -2.34. The zero-order valence-corrected chi connectivity index (χ0v) is 43.8. The van der Waals surface area contributed by atoms with Gasteiger partial charge in [0, 0.05) is 58.9 Å². The molecule has 17 heteroatoms. The molecule has 0 aliphatic carbocycles. The van der Waals surface area contributed by atoms with Gasteiger partial charge in [-0.3, -0.25) is 9.59 Å². The van der Waals surface area contributed by atoms with E-state index in [1.165, 1.54) is 4.90 Å². The number of rotatable bonds is 21. The fourth-order valence-electron chi connectivity index (χ4n) is 7.21. The molecule has 5 rings (SSSR count). The highest BCUT2D eigenvalue weighted by Crippen LogP contribution is 2.33. The summed E-state index contributed by atoms with van der Waals surface area (Å²) >= 11 is 3.16. The number of amides is 4. The minimum absolute atomic E-state index is 0.204. The first-order valence-corrected chi connectivity index (χ1v) is 25.3. The number of hydrogen-bond acceptors (Lipinski definition) is 12. The first-order chi connectivity index (χ1) is 32.4. The van der Waals surface area contributed by atoms with Crippen LogP contribution >= 0.6 is 23.3 Å². The summed E-state index contributed by atoms with van der Waals surface area (Å²) in [6.45, 7) is 18.9. The lowest BCUT2D eigenvalue weighted by atomic mass is 9.87. The number of carbonyl (C=O) groups is 4. The van der Waals surface area contributed by atoms with Crippen LogP contribution in [-0.2, 0) is 14.4 Å². The van der Waals surface area contributed by atoms with E-state index in [0.717, 1.165) is 69.5 Å². The number of methoxy groups -OCH3 is 2. The second kappa shape index (κ2) is 28.8. The third-order valence-corrected chi connectivity index (χ3v) is 12.7. The van der Waals surface area contributed by atoms with Gasteiger partial charge in [-0.1, -0.05) is 91.7 Å². The van der Waals surface area contributed by atoms with Gasteiger partial charge in [0.25, 0.3) is 0 Å². The molecule has 2 aromatic heterocycles. The van der Waals surface area contributed by atoms with Crippen LogP contribution in [0.15, 0.2) is 77.0 Å². The molecule has 1 aliphatic heterocycles. The van der Waals surface area contributed by atoms with Crippen molar-refractivity contribution in [3.63, 3.8) is 0 Å². The zero-order valence-electron chi connectivity index (χ0n) is 42.2. The Labute approximate surface area is 412 Å². The smallest absolute Gasteiger partial charge is 0.326 e. The molecule has 4 atom stereocenters. The number of aliphatic carboxylic acids is 1. The van der Waals surface area contributed by atoms with E-state index < -0.39 is 35.9 Å². The molecule has 2 unspecified atom stereocenters. The Morgan fingerprint density at radius 3 is 2.34 bits per heavy atom. The number of carboxylic acid groups (broad SMARTS) is 1. The molecule has 0 spiro atoms. The van der Waals surface area contributed by atoms with E-state index in [1.807, 2.05) is 114 Å². The number of urea groups is 1. The van der Waals surface area contributed by atoms with Crippen LogP contribution in [0.2, 0.25) is 0 Å². The topological polar surface area (TPSA) is 187 Å². The Kier molecular flexibility index (Phi) is 24.1. The Bertz CT molecular complexity index is 2220. The second-order valence-corrected chi connectivity index (χ2v) is 19.9. The summed E-state index contributed by atoms with van der Waals surface area (Å²) < 4.78 is 12.9. The highest BCUT2D eigenvalue weighted by atomic mass is 32.2. The maximum atomic E-state index is 13.1. The van der Waals surface area contributed by atoms with Crippen LogP contribution in [0.4, 0.5) is 9.93 Å². The summed E-state index contributed by atoms with van der Waals surface area (Å²) in [4.78, 5) is 62.8. The van der Waals surface area contributed by atoms with Crippen molar-refractivity contribution >= 4 is 63.1 Å². The lowest BCUT2D eigenvalue weighted by Crippen LogP contribution is -2.55. The van der Waals surface area contributed by atoms with E-state index in [1.54, 1.807) is 44.4 Å². The molecule has 374 valence electrons. The summed E-state index contributed by atoms with van der Waals surface area (Å²) in [5, 5.41) is 25.2. The molecule has 0 bridgehead atoms. The van der Waals surface area contributed by atoms with Gasteiger partial charge in [-0.2, -0.15) is 0 Å². The largest absolute Gasteiger partial charge is 0.497 e. The molecule has 1 saturated heterocycles. The van der Waals surface area contributed by atoms with Crippen molar-refractivity contribution in [3.8, 4) is 22.9 Å². The van der Waals surface area contributed by atoms with Gasteiger partial charge in [-0.15, -0.1) is 11.3 Å². The minimum atomic E-state index is -1.12. The van der Waals surface area contributed by atoms with Crippen molar-refractivity contribution in [2.24, 2.45) is 11.3 Å². The number of pyridine rings is 1. The third kappa shape index (κ3) is 18.3. The van der Waals surface area contributed by atoms with Gasteiger partial charge in [0.2, 0.25) is 11.8 Å². The molecule has 4 amide bonds. The van der Waals surface area contributed by atoms with Crippen LogP contribution in [0.25, 0.3) is 22.3 Å². The van der Waals surface area contributed by atoms with E-state index in [4.69, 9.17) is 14.5 Å². The van der Waals surface area contributed by atoms with Gasteiger partial charge in [0.15, 0.2) is 5.13 Å². The highest BCUT2D eigenvalue weighted by molar-refractivity contribution is 7.97. The first kappa shape index (κ1) is 56.9. The predicted octanol–water partition coefficient (Wildman–Crippen LogP) is 9.89. The number of benzene rings is 2. The van der Waals surface area contributed by atoms with Crippen molar-refractivity contribution in [3.05, 3.63) is 72.1 Å². The van der Waals surface area contributed by atoms with Gasteiger partial charge in [-0.25, -0.2) is 23.9 Å². The van der Waals surface area contributed by atoms with Crippen LogP contribution in [0.3, 0.4) is 0 Å². The SMILES string of the molecule is CC.CCCCC/C=C\C(C)C(NC(=O)[C@@H]1CCCN1C(=O)CNC(=O)N[C@H](CN(C)Sc1ccccc1)C(C)(C)C)C(=O)O.COc1ccc2c(OC)cc(-c3csc(NC(C)C)n3)nc2c1. The molecule has 5 N–H and O–H groups in total. The number of likely N-dealkylation sites (tertiary alicyclic amines) is 1. The van der Waals surface area contributed by atoms with Crippen molar-refractivity contribution in [2.45, 2.75) is 130 Å². The van der Waals surface area contributed by atoms with Crippen molar-refractivity contribution in [1.82, 2.24) is 35.1 Å². The van der Waals surface area contributed by atoms with E-state index in [9.17, 15) is 24.3 Å². The number of nitrogens with one attached hydrogen (secondary N) is 4. The van der Waals surface area contributed by atoms with Crippen LogP contribution in [0, 0.1) is 11.3 Å². The standard InChI is InChI=1S/C32H51N5O5S.C17H19N3O2S.C2H6/c1-7-8-9-10-12-16-23(2)28(30(40)41)35-29(39)25-19-15-20-37(25)27(38)21-33-31(42)34-26(32(3,4)5)22-36(6)43-24-17-13-11-14-18-24;1-10(2)18-17-20-15(9-23-17)14-8-16(22-4)12-6-5-11(21-3)7-13(12)19-14;1-2/h11-14,16-18,23,25-26,28H,7-10,15,19-22H2,1-6H3,(H,35,39)(H,40,41)(H2,33,34,42);5-10H,1-4H3,(H,18,20);1-2H3/b16-12-;;/t23?,25-,26+,28?;;/m0../s1. The average molecular weight is 977 g/mol. The summed E-state index contributed by atoms with van der Waals surface area (Å²) in [5.74, 6) is -0.841. The van der Waals surface area contributed by atoms with Crippen LogP contribution in [-0.4, -0.2) is 113 Å². The number of ether oxygens (including phenoxy) is 2. The fourth-order valence-corrected chi connectivity index (χ4v) is 8.92. The number of allylic oxidation sites excluding steroid dienone is 1. The number of hydrogen-bond donors (Lipinski definition) is 5. The summed E-state index contributed by atoms with van der Waals surface area (Å²) in [6.07, 6.45) is 8.99. The molecule has 15 nitrogen and oxygen atoms in total. The Morgan fingerprint density at radius 2 is 1.71 bits per heavy atom. The van der Waals surface area contributed by atoms with Crippen molar-refractivity contribution < 1.29 is 33.8 Å². The molecule has 68 heavy (non-hydrogen) atoms. The van der Waals surface area contributed by atoms with Crippen molar-refractivity contribution in [1.29, 1.82) is 0 Å². The number of nitrogens with zero attached hydrogens (tertiary/aromatic N) is 4. The Balaban J connectivity index is 0.000000408. The Morgan fingerprint density at radius 1 is 0.985 bits per heavy atom. The van der Waals surface area contributed by atoms with Crippen LogP contribution < -0.4 is 30.7 Å². The minimum Gasteiger partial charge on any atom is -0.497 e.